The summed E-state index contributed by atoms with van der Waals surface area (Å²) < 4.78 is 0. The van der Waals surface area contributed by atoms with Crippen LogP contribution in [0.15, 0.2) is 53.6 Å². The van der Waals surface area contributed by atoms with Crippen molar-refractivity contribution in [3.05, 3.63) is 59.2 Å². The molecule has 0 aromatic heterocycles. The lowest BCUT2D eigenvalue weighted by molar-refractivity contribution is -0.214. The third kappa shape index (κ3) is 3.38. The zero-order valence-electron chi connectivity index (χ0n) is 23.1. The lowest BCUT2D eigenvalue weighted by Gasteiger charge is -2.71. The molecule has 5 nitrogen and oxygen atoms in total. The zero-order valence-corrected chi connectivity index (χ0v) is 23.1. The van der Waals surface area contributed by atoms with Crippen molar-refractivity contribution in [1.29, 1.82) is 0 Å². The van der Waals surface area contributed by atoms with Gasteiger partial charge in [-0.05, 0) is 71.1 Å². The maximum absolute atomic E-state index is 14.9. The van der Waals surface area contributed by atoms with Gasteiger partial charge in [-0.15, -0.1) is 0 Å². The number of allylic oxidation sites excluding steroid dienone is 4. The molecule has 0 radical (unpaired) electrons. The van der Waals surface area contributed by atoms with Crippen LogP contribution in [0.1, 0.15) is 84.5 Å². The summed E-state index contributed by atoms with van der Waals surface area (Å²) in [4.78, 5) is 71.4. The van der Waals surface area contributed by atoms with Gasteiger partial charge in [-0.3, -0.25) is 19.2 Å². The summed E-state index contributed by atoms with van der Waals surface area (Å²) in [6, 6.07) is 8.41. The smallest absolute Gasteiger partial charge is 0.184 e. The van der Waals surface area contributed by atoms with Gasteiger partial charge in [0.05, 0.1) is 10.8 Å². The molecule has 4 aliphatic rings. The number of benzene rings is 1. The highest BCUT2D eigenvalue weighted by Crippen LogP contribution is 2.75. The summed E-state index contributed by atoms with van der Waals surface area (Å²) in [5.74, 6) is -3.37. The Labute approximate surface area is 219 Å². The van der Waals surface area contributed by atoms with E-state index in [1.807, 2.05) is 53.7 Å². The molecular weight excluding hydrogens is 464 g/mol. The van der Waals surface area contributed by atoms with E-state index in [4.69, 9.17) is 0 Å². The summed E-state index contributed by atoms with van der Waals surface area (Å²) >= 11 is 0. The Kier molecular flexibility index (Phi) is 6.46. The summed E-state index contributed by atoms with van der Waals surface area (Å²) in [6.07, 6.45) is 4.31. The minimum atomic E-state index is -2.05. The topological polar surface area (TPSA) is 85.3 Å². The van der Waals surface area contributed by atoms with Crippen molar-refractivity contribution in [3.8, 4) is 0 Å². The number of carbonyl (C=O) groups excluding carboxylic acids is 5. The Morgan fingerprint density at radius 2 is 1.41 bits per heavy atom. The van der Waals surface area contributed by atoms with Gasteiger partial charge in [0.25, 0.3) is 0 Å². The molecule has 0 spiro atoms. The summed E-state index contributed by atoms with van der Waals surface area (Å²) in [5, 5.41) is 0. The van der Waals surface area contributed by atoms with Crippen LogP contribution in [-0.2, 0) is 19.2 Å². The third-order valence-corrected chi connectivity index (χ3v) is 9.57. The van der Waals surface area contributed by atoms with Crippen molar-refractivity contribution >= 4 is 28.9 Å². The molecule has 4 bridgehead atoms. The van der Waals surface area contributed by atoms with Crippen molar-refractivity contribution in [3.63, 3.8) is 0 Å². The van der Waals surface area contributed by atoms with Gasteiger partial charge < -0.3 is 4.79 Å². The van der Waals surface area contributed by atoms with Crippen LogP contribution in [0.3, 0.4) is 0 Å². The fourth-order valence-electron chi connectivity index (χ4n) is 7.68. The minimum Gasteiger partial charge on any atom is -0.300 e. The number of Topliss-reactive ketones (excluding diaryl/α,β-unsaturated/α-hetero) is 5. The Morgan fingerprint density at radius 3 is 1.95 bits per heavy atom. The normalized spacial score (nSPS) is 33.3. The summed E-state index contributed by atoms with van der Waals surface area (Å²) in [6.45, 7) is 12.9. The number of ketones is 5. The average molecular weight is 503 g/mol. The molecule has 0 amide bonds. The van der Waals surface area contributed by atoms with Crippen LogP contribution in [0.4, 0.5) is 0 Å². The van der Waals surface area contributed by atoms with Crippen molar-refractivity contribution in [1.82, 2.24) is 0 Å². The lowest BCUT2D eigenvalue weighted by atomic mass is 9.26. The molecular formula is C32H38O5. The van der Waals surface area contributed by atoms with E-state index in [2.05, 4.69) is 0 Å². The van der Waals surface area contributed by atoms with Gasteiger partial charge in [0.2, 0.25) is 0 Å². The first kappa shape index (κ1) is 27.1. The van der Waals surface area contributed by atoms with Crippen molar-refractivity contribution in [2.45, 2.75) is 74.1 Å². The lowest BCUT2D eigenvalue weighted by Crippen LogP contribution is -2.83. The number of hydrogen-bond donors (Lipinski definition) is 0. The van der Waals surface area contributed by atoms with E-state index in [0.29, 0.717) is 0 Å². The minimum absolute atomic E-state index is 0.0458. The van der Waals surface area contributed by atoms with E-state index < -0.39 is 44.9 Å². The van der Waals surface area contributed by atoms with E-state index in [0.717, 1.165) is 11.1 Å². The first-order valence-corrected chi connectivity index (χ1v) is 13.2. The average Bonchev–Trinajstić information content (AvgIpc) is 2.82. The molecule has 37 heavy (non-hydrogen) atoms. The third-order valence-electron chi connectivity index (χ3n) is 9.57. The monoisotopic (exact) mass is 502 g/mol. The predicted molar refractivity (Wildman–Crippen MR) is 142 cm³/mol. The standard InChI is InChI=1S/C32H38O5/c1-19(2)13-15-30-18-24-23(17-21(5)33)32(27(30)36,25(34)22-11-9-8-10-12-22)28(37)31(26(30)35,29(24,6)7)16-14-20(3)4/h8-14,23-24H,15-18H2,1-7H3/t23?,24-,30-,31+,32+/m0/s1. The Balaban J connectivity index is 2.12. The Hall–Kier alpha value is -2.95. The zero-order chi connectivity index (χ0) is 27.6. The molecule has 0 aliphatic heterocycles. The molecule has 4 aliphatic carbocycles. The molecule has 4 fully saturated rings. The first-order valence-electron chi connectivity index (χ1n) is 13.2. The second kappa shape index (κ2) is 8.82. The molecule has 1 aromatic rings. The van der Waals surface area contributed by atoms with E-state index in [1.165, 1.54) is 6.92 Å². The molecule has 0 saturated heterocycles. The molecule has 1 aromatic carbocycles. The molecule has 4 saturated carbocycles. The molecule has 0 N–H and O–H groups in total. The van der Waals surface area contributed by atoms with Gasteiger partial charge in [0, 0.05) is 12.0 Å². The van der Waals surface area contributed by atoms with E-state index in [1.54, 1.807) is 30.3 Å². The SMILES string of the molecule is CC(=O)CC1[C@@H]2C[C@]3(CC=C(C)C)C(=O)[C@@]1(C(=O)c1ccccc1)C(=O)[C@@](CC=C(C)C)(C3=O)C2(C)C. The van der Waals surface area contributed by atoms with E-state index >= 15 is 0 Å². The van der Waals surface area contributed by atoms with Crippen LogP contribution in [0, 0.1) is 33.5 Å². The first-order chi connectivity index (χ1) is 17.2. The van der Waals surface area contributed by atoms with Crippen LogP contribution in [0.25, 0.3) is 0 Å². The highest BCUT2D eigenvalue weighted by Gasteiger charge is 2.86. The number of hydrogen-bond acceptors (Lipinski definition) is 5. The van der Waals surface area contributed by atoms with Crippen LogP contribution in [0.2, 0.25) is 0 Å². The second-order valence-corrected chi connectivity index (χ2v) is 12.5. The van der Waals surface area contributed by atoms with E-state index in [-0.39, 0.29) is 48.7 Å². The van der Waals surface area contributed by atoms with Gasteiger partial charge in [-0.2, -0.15) is 0 Å². The van der Waals surface area contributed by atoms with Crippen molar-refractivity contribution in [2.75, 3.05) is 0 Å². The highest BCUT2D eigenvalue weighted by molar-refractivity contribution is 6.42. The molecule has 5 heteroatoms. The predicted octanol–water partition coefficient (Wildman–Crippen LogP) is 5.92. The van der Waals surface area contributed by atoms with Crippen LogP contribution < -0.4 is 0 Å². The number of carbonyl (C=O) groups is 5. The van der Waals surface area contributed by atoms with Gasteiger partial charge in [-0.1, -0.05) is 67.5 Å². The molecule has 1 unspecified atom stereocenters. The maximum atomic E-state index is 14.9. The largest absolute Gasteiger partial charge is 0.300 e. The summed E-state index contributed by atoms with van der Waals surface area (Å²) in [5.41, 5.74) is -3.68. The highest BCUT2D eigenvalue weighted by atomic mass is 16.2. The Bertz CT molecular complexity index is 1260. The van der Waals surface area contributed by atoms with Crippen LogP contribution in [0.5, 0.6) is 0 Å². The van der Waals surface area contributed by atoms with Gasteiger partial charge >= 0.3 is 0 Å². The molecule has 0 heterocycles. The molecule has 196 valence electrons. The van der Waals surface area contributed by atoms with Gasteiger partial charge in [0.1, 0.15) is 5.78 Å². The second-order valence-electron chi connectivity index (χ2n) is 12.5. The fraction of sp³-hybridized carbons (Fsp3) is 0.531. The van der Waals surface area contributed by atoms with Gasteiger partial charge in [0.15, 0.2) is 28.5 Å². The van der Waals surface area contributed by atoms with Crippen molar-refractivity contribution in [2.24, 2.45) is 33.5 Å². The summed E-state index contributed by atoms with van der Waals surface area (Å²) in [7, 11) is 0. The maximum Gasteiger partial charge on any atom is 0.184 e. The Morgan fingerprint density at radius 1 is 0.838 bits per heavy atom. The quantitative estimate of drug-likeness (QED) is 0.250. The van der Waals surface area contributed by atoms with Gasteiger partial charge in [-0.25, -0.2) is 0 Å². The number of rotatable bonds is 8. The fourth-order valence-corrected chi connectivity index (χ4v) is 7.68. The van der Waals surface area contributed by atoms with E-state index in [9.17, 15) is 24.0 Å². The van der Waals surface area contributed by atoms with Crippen LogP contribution >= 0.6 is 0 Å². The van der Waals surface area contributed by atoms with Crippen LogP contribution in [-0.4, -0.2) is 28.9 Å². The van der Waals surface area contributed by atoms with Crippen molar-refractivity contribution < 1.29 is 24.0 Å². The molecule has 5 atom stereocenters. The molecule has 5 rings (SSSR count).